The molecule has 0 saturated carbocycles. The van der Waals surface area contributed by atoms with Gasteiger partial charge in [0.2, 0.25) is 0 Å². The molecule has 0 radical (unpaired) electrons. The molecule has 2 heterocycles. The molecule has 3 aromatic carbocycles. The molecule has 0 spiro atoms. The fraction of sp³-hybridized carbons (Fsp3) is 0.375. The number of aryl methyl sites for hydroxylation is 2. The van der Waals surface area contributed by atoms with Crippen LogP contribution in [0.3, 0.4) is 0 Å². The molecule has 6 heteroatoms. The topological polar surface area (TPSA) is 55.8 Å². The van der Waals surface area contributed by atoms with Crippen molar-refractivity contribution in [1.82, 2.24) is 4.90 Å². The lowest BCUT2D eigenvalue weighted by Gasteiger charge is -2.39. The monoisotopic (exact) mass is 529 g/mol. The van der Waals surface area contributed by atoms with E-state index in [1.54, 1.807) is 19.1 Å². The lowest BCUT2D eigenvalue weighted by molar-refractivity contribution is 0.0359. The number of ether oxygens (including phenoxy) is 2. The summed E-state index contributed by atoms with van der Waals surface area (Å²) in [6.07, 6.45) is 3.75. The molecule has 5 rings (SSSR count). The number of carbonyl (C=O) groups is 2. The van der Waals surface area contributed by atoms with Crippen molar-refractivity contribution in [1.29, 1.82) is 0 Å². The van der Waals surface area contributed by atoms with Crippen molar-refractivity contribution in [2.45, 2.75) is 75.3 Å². The van der Waals surface area contributed by atoms with Gasteiger partial charge in [0, 0.05) is 41.1 Å². The Kier molecular flexibility index (Phi) is 8.08. The second-order valence-electron chi connectivity index (χ2n) is 10.3. The third kappa shape index (κ3) is 5.91. The molecular formula is C32H35NO4S. The Morgan fingerprint density at radius 1 is 0.868 bits per heavy atom. The number of piperidine rings is 1. The molecule has 2 aliphatic rings. The number of fused-ring (bicyclic) bond motifs is 2. The van der Waals surface area contributed by atoms with E-state index in [0.717, 1.165) is 42.7 Å². The van der Waals surface area contributed by atoms with Gasteiger partial charge in [0.1, 0.15) is 11.9 Å². The van der Waals surface area contributed by atoms with Gasteiger partial charge < -0.3 is 14.4 Å². The highest BCUT2D eigenvalue weighted by atomic mass is 32.2. The molecule has 0 N–H and O–H groups in total. The third-order valence-corrected chi connectivity index (χ3v) is 8.74. The summed E-state index contributed by atoms with van der Waals surface area (Å²) in [4.78, 5) is 28.7. The van der Waals surface area contributed by atoms with Crippen molar-refractivity contribution in [3.63, 3.8) is 0 Å². The van der Waals surface area contributed by atoms with Crippen LogP contribution in [0.15, 0.2) is 71.6 Å². The minimum atomic E-state index is -0.322. The molecule has 198 valence electrons. The van der Waals surface area contributed by atoms with Gasteiger partial charge in [-0.2, -0.15) is 0 Å². The number of esters is 1. The lowest BCUT2D eigenvalue weighted by Crippen LogP contribution is -2.49. The number of hydrogen-bond acceptors (Lipinski definition) is 5. The van der Waals surface area contributed by atoms with Crippen LogP contribution >= 0.6 is 11.8 Å². The number of benzene rings is 3. The molecule has 2 fully saturated rings. The van der Waals surface area contributed by atoms with E-state index in [4.69, 9.17) is 9.47 Å². The molecular weight excluding hydrogens is 494 g/mol. The maximum Gasteiger partial charge on any atom is 0.338 e. The quantitative estimate of drug-likeness (QED) is 0.233. The standard InChI is InChI=1S/C32H35NO4S/c1-4-36-32(35)25-10-14-28(15-11-25)37-29-18-26-12-13-27(19-29)33(26)31(34)24-8-6-23(7-9-24)20-38-30-16-5-21(2)22(3)17-30/h5-11,14-17,26-27,29H,4,12-13,18-20H2,1-3H3. The normalized spacial score (nSPS) is 20.3. The summed E-state index contributed by atoms with van der Waals surface area (Å²) in [5.41, 5.74) is 5.12. The number of carbonyl (C=O) groups excluding carboxylic acids is 2. The summed E-state index contributed by atoms with van der Waals surface area (Å²) in [6.45, 7) is 6.43. The van der Waals surface area contributed by atoms with Gasteiger partial charge in [-0.1, -0.05) is 18.2 Å². The van der Waals surface area contributed by atoms with Gasteiger partial charge >= 0.3 is 5.97 Å². The minimum Gasteiger partial charge on any atom is -0.490 e. The lowest BCUT2D eigenvalue weighted by atomic mass is 9.98. The smallest absolute Gasteiger partial charge is 0.338 e. The molecule has 5 nitrogen and oxygen atoms in total. The number of thioether (sulfide) groups is 1. The Balaban J connectivity index is 1.16. The number of amides is 1. The van der Waals surface area contributed by atoms with Crippen molar-refractivity contribution in [3.8, 4) is 5.75 Å². The second-order valence-corrected chi connectivity index (χ2v) is 11.3. The van der Waals surface area contributed by atoms with Gasteiger partial charge in [-0.25, -0.2) is 4.79 Å². The molecule has 38 heavy (non-hydrogen) atoms. The van der Waals surface area contributed by atoms with Gasteiger partial charge in [-0.05, 0) is 98.8 Å². The fourth-order valence-electron chi connectivity index (χ4n) is 5.49. The van der Waals surface area contributed by atoms with E-state index in [1.807, 2.05) is 36.0 Å². The Bertz CT molecular complexity index is 1270. The van der Waals surface area contributed by atoms with Crippen molar-refractivity contribution in [2.24, 2.45) is 0 Å². The predicted octanol–water partition coefficient (Wildman–Crippen LogP) is 6.99. The predicted molar refractivity (Wildman–Crippen MR) is 151 cm³/mol. The van der Waals surface area contributed by atoms with Crippen molar-refractivity contribution in [3.05, 3.63) is 94.5 Å². The summed E-state index contributed by atoms with van der Waals surface area (Å²) in [6, 6.07) is 22.2. The van der Waals surface area contributed by atoms with E-state index in [1.165, 1.54) is 21.6 Å². The molecule has 2 aliphatic heterocycles. The Morgan fingerprint density at radius 3 is 2.16 bits per heavy atom. The molecule has 2 saturated heterocycles. The van der Waals surface area contributed by atoms with E-state index < -0.39 is 0 Å². The maximum absolute atomic E-state index is 13.5. The summed E-state index contributed by atoms with van der Waals surface area (Å²) >= 11 is 1.82. The van der Waals surface area contributed by atoms with E-state index in [9.17, 15) is 9.59 Å². The van der Waals surface area contributed by atoms with E-state index in [-0.39, 0.29) is 30.1 Å². The Hall–Kier alpha value is -3.25. The van der Waals surface area contributed by atoms with Crippen LogP contribution in [0.2, 0.25) is 0 Å². The van der Waals surface area contributed by atoms with Crippen LogP contribution in [0, 0.1) is 13.8 Å². The van der Waals surface area contributed by atoms with E-state index >= 15 is 0 Å². The second kappa shape index (κ2) is 11.6. The fourth-order valence-corrected chi connectivity index (χ4v) is 6.44. The van der Waals surface area contributed by atoms with Gasteiger partial charge in [0.25, 0.3) is 5.91 Å². The summed E-state index contributed by atoms with van der Waals surface area (Å²) in [5.74, 6) is 1.43. The van der Waals surface area contributed by atoms with Crippen molar-refractivity contribution in [2.75, 3.05) is 6.61 Å². The van der Waals surface area contributed by atoms with Crippen LogP contribution in [0.1, 0.15) is 70.0 Å². The minimum absolute atomic E-state index is 0.0646. The molecule has 2 unspecified atom stereocenters. The SMILES string of the molecule is CCOC(=O)c1ccc(OC2CC3CCC(C2)N3C(=O)c2ccc(CSc3ccc(C)c(C)c3)cc2)cc1. The number of rotatable bonds is 8. The van der Waals surface area contributed by atoms with Gasteiger partial charge in [-0.15, -0.1) is 11.8 Å². The first-order chi connectivity index (χ1) is 18.4. The molecule has 3 aromatic rings. The van der Waals surface area contributed by atoms with Crippen LogP contribution in [0.5, 0.6) is 5.75 Å². The average Bonchev–Trinajstić information content (AvgIpc) is 3.19. The number of nitrogens with zero attached hydrogens (tertiary/aromatic N) is 1. The molecule has 2 atom stereocenters. The van der Waals surface area contributed by atoms with E-state index in [2.05, 4.69) is 49.1 Å². The highest BCUT2D eigenvalue weighted by Crippen LogP contribution is 2.38. The summed E-state index contributed by atoms with van der Waals surface area (Å²) in [7, 11) is 0. The maximum atomic E-state index is 13.5. The average molecular weight is 530 g/mol. The van der Waals surface area contributed by atoms with Crippen LogP contribution in [-0.4, -0.2) is 41.6 Å². The Morgan fingerprint density at radius 2 is 1.53 bits per heavy atom. The van der Waals surface area contributed by atoms with Crippen molar-refractivity contribution >= 4 is 23.6 Å². The zero-order chi connectivity index (χ0) is 26.6. The van der Waals surface area contributed by atoms with Gasteiger partial charge in [0.15, 0.2) is 0 Å². The first-order valence-electron chi connectivity index (χ1n) is 13.5. The summed E-state index contributed by atoms with van der Waals surface area (Å²) < 4.78 is 11.3. The van der Waals surface area contributed by atoms with E-state index in [0.29, 0.717) is 12.2 Å². The zero-order valence-corrected chi connectivity index (χ0v) is 23.1. The molecule has 2 bridgehead atoms. The molecule has 0 aromatic heterocycles. The van der Waals surface area contributed by atoms with Crippen LogP contribution in [0.4, 0.5) is 0 Å². The van der Waals surface area contributed by atoms with Gasteiger partial charge in [-0.3, -0.25) is 4.79 Å². The Labute approximate surface area is 229 Å². The highest BCUT2D eigenvalue weighted by molar-refractivity contribution is 7.98. The van der Waals surface area contributed by atoms with Crippen LogP contribution in [-0.2, 0) is 10.5 Å². The third-order valence-electron chi connectivity index (χ3n) is 7.68. The zero-order valence-electron chi connectivity index (χ0n) is 22.3. The van der Waals surface area contributed by atoms with Crippen LogP contribution < -0.4 is 4.74 Å². The first-order valence-corrected chi connectivity index (χ1v) is 14.5. The van der Waals surface area contributed by atoms with Gasteiger partial charge in [0.05, 0.1) is 12.2 Å². The first kappa shape index (κ1) is 26.4. The van der Waals surface area contributed by atoms with Crippen molar-refractivity contribution < 1.29 is 19.1 Å². The molecule has 1 amide bonds. The number of hydrogen-bond donors (Lipinski definition) is 0. The summed E-state index contributed by atoms with van der Waals surface area (Å²) in [5, 5.41) is 0. The largest absolute Gasteiger partial charge is 0.490 e. The highest BCUT2D eigenvalue weighted by Gasteiger charge is 2.44. The van der Waals surface area contributed by atoms with Crippen LogP contribution in [0.25, 0.3) is 0 Å². The molecule has 0 aliphatic carbocycles.